The summed E-state index contributed by atoms with van der Waals surface area (Å²) in [5.74, 6) is 0.197. The molecule has 0 N–H and O–H groups in total. The van der Waals surface area contributed by atoms with Crippen molar-refractivity contribution in [3.63, 3.8) is 0 Å². The molecule has 1 aromatic carbocycles. The molecule has 0 radical (unpaired) electrons. The zero-order valence-corrected chi connectivity index (χ0v) is 15.5. The minimum atomic E-state index is -4.80. The Kier molecular flexibility index (Phi) is 5.68. The quantitative estimate of drug-likeness (QED) is 0.605. The Morgan fingerprint density at radius 3 is 2.57 bits per heavy atom. The number of halogens is 3. The minimum absolute atomic E-state index is 0.0400. The summed E-state index contributed by atoms with van der Waals surface area (Å²) in [6.07, 6.45) is -0.301. The van der Waals surface area contributed by atoms with Crippen LogP contribution in [0.5, 0.6) is 0 Å². The predicted octanol–water partition coefficient (Wildman–Crippen LogP) is 5.89. The molecule has 1 fully saturated rings. The molecule has 1 aromatic heterocycles. The van der Waals surface area contributed by atoms with Gasteiger partial charge in [-0.25, -0.2) is 9.52 Å². The van der Waals surface area contributed by atoms with E-state index in [0.717, 1.165) is 42.1 Å². The average Bonchev–Trinajstić information content (AvgIpc) is 2.69. The van der Waals surface area contributed by atoms with E-state index in [9.17, 15) is 18.0 Å². The monoisotopic (exact) mass is 387 g/mol. The van der Waals surface area contributed by atoms with Crippen molar-refractivity contribution < 1.29 is 13.2 Å². The molecule has 7 heteroatoms. The number of pyridine rings is 1. The molecule has 1 saturated carbocycles. The maximum Gasteiger partial charge on any atom is 0.407 e. The van der Waals surface area contributed by atoms with Gasteiger partial charge < -0.3 is 0 Å². The van der Waals surface area contributed by atoms with E-state index in [4.69, 9.17) is 6.57 Å². The van der Waals surface area contributed by atoms with Crippen LogP contribution in [0.25, 0.3) is 16.1 Å². The van der Waals surface area contributed by atoms with Gasteiger partial charge in [-0.1, -0.05) is 43.7 Å². The van der Waals surface area contributed by atoms with Gasteiger partial charge in [0.25, 0.3) is 11.2 Å². The number of alkyl halides is 3. The number of nitrogens with zero attached hydrogens (tertiary/aromatic N) is 3. The van der Waals surface area contributed by atoms with Gasteiger partial charge >= 0.3 is 6.18 Å². The molecule has 3 rings (SSSR count). The normalized spacial score (nSPS) is 18.8. The van der Waals surface area contributed by atoms with E-state index in [1.165, 1.54) is 0 Å². The summed E-state index contributed by atoms with van der Waals surface area (Å²) < 4.78 is 41.5. The molecule has 1 atom stereocenters. The van der Waals surface area contributed by atoms with Gasteiger partial charge in [0, 0.05) is 11.3 Å². The van der Waals surface area contributed by atoms with Crippen molar-refractivity contribution in [2.45, 2.75) is 45.2 Å². The summed E-state index contributed by atoms with van der Waals surface area (Å²) in [5, 5.41) is 4.49. The average molecular weight is 387 g/mol. The van der Waals surface area contributed by atoms with Crippen molar-refractivity contribution >= 4 is 11.4 Å². The highest BCUT2D eigenvalue weighted by molar-refractivity contribution is 5.87. The van der Waals surface area contributed by atoms with E-state index in [2.05, 4.69) is 9.95 Å². The first-order chi connectivity index (χ1) is 13.4. The molecule has 0 bridgehead atoms. The van der Waals surface area contributed by atoms with Crippen LogP contribution in [0, 0.1) is 12.5 Å². The van der Waals surface area contributed by atoms with E-state index in [1.807, 2.05) is 6.92 Å². The molecule has 2 aromatic rings. The summed E-state index contributed by atoms with van der Waals surface area (Å²) in [6.45, 7) is 9.17. The van der Waals surface area contributed by atoms with Crippen LogP contribution in [-0.2, 0) is 6.18 Å². The second-order valence-electron chi connectivity index (χ2n) is 6.83. The van der Waals surface area contributed by atoms with E-state index < -0.39 is 23.0 Å². The Labute approximate surface area is 161 Å². The lowest BCUT2D eigenvalue weighted by Gasteiger charge is -2.23. The molecule has 146 valence electrons. The third-order valence-electron chi connectivity index (χ3n) is 5.07. The fourth-order valence-electron chi connectivity index (χ4n) is 3.60. The van der Waals surface area contributed by atoms with Gasteiger partial charge in [-0.2, -0.15) is 18.3 Å². The first-order valence-electron chi connectivity index (χ1n) is 9.24. The van der Waals surface area contributed by atoms with Crippen molar-refractivity contribution in [1.82, 2.24) is 4.68 Å². The van der Waals surface area contributed by atoms with Crippen LogP contribution in [0.2, 0.25) is 0 Å². The first-order valence-corrected chi connectivity index (χ1v) is 9.24. The van der Waals surface area contributed by atoms with Crippen LogP contribution in [0.1, 0.15) is 44.6 Å². The van der Waals surface area contributed by atoms with Crippen LogP contribution >= 0.6 is 0 Å². The van der Waals surface area contributed by atoms with E-state index in [-0.39, 0.29) is 11.6 Å². The van der Waals surface area contributed by atoms with E-state index in [0.29, 0.717) is 12.0 Å². The van der Waals surface area contributed by atoms with Crippen LogP contribution in [0.4, 0.5) is 18.9 Å². The lowest BCUT2D eigenvalue weighted by Crippen LogP contribution is -2.26. The highest BCUT2D eigenvalue weighted by atomic mass is 19.4. The Balaban J connectivity index is 2.32. The Bertz CT molecular complexity index is 985. The molecule has 1 heterocycles. The van der Waals surface area contributed by atoms with Crippen LogP contribution in [0.3, 0.4) is 0 Å². The largest absolute Gasteiger partial charge is 0.407 e. The third kappa shape index (κ3) is 3.86. The number of aromatic nitrogens is 1. The van der Waals surface area contributed by atoms with E-state index in [1.54, 1.807) is 30.3 Å². The topological polar surface area (TPSA) is 38.7 Å². The predicted molar refractivity (Wildman–Crippen MR) is 102 cm³/mol. The summed E-state index contributed by atoms with van der Waals surface area (Å²) in [6, 6.07) is 9.22. The molecule has 0 spiro atoms. The molecule has 1 unspecified atom stereocenters. The second-order valence-corrected chi connectivity index (χ2v) is 6.83. The van der Waals surface area contributed by atoms with Crippen molar-refractivity contribution in [1.29, 1.82) is 0 Å². The Morgan fingerprint density at radius 1 is 1.25 bits per heavy atom. The molecule has 1 aliphatic rings. The van der Waals surface area contributed by atoms with Gasteiger partial charge in [-0.15, -0.1) is 0 Å². The summed E-state index contributed by atoms with van der Waals surface area (Å²) in [4.78, 5) is 15.8. The van der Waals surface area contributed by atoms with Crippen LogP contribution in [0.15, 0.2) is 46.3 Å². The minimum Gasteiger partial charge on any atom is -0.281 e. The number of hydrogen-bond donors (Lipinski definition) is 0. The van der Waals surface area contributed by atoms with Crippen LogP contribution < -0.4 is 5.56 Å². The fraction of sp³-hybridized carbons (Fsp3) is 0.381. The lowest BCUT2D eigenvalue weighted by atomic mass is 9.85. The Morgan fingerprint density at radius 2 is 1.96 bits per heavy atom. The highest BCUT2D eigenvalue weighted by Crippen LogP contribution is 2.37. The standard InChI is InChI=1S/C21H20F3N3O/c1-3-14-9-7-8-12-17(14)26-27-18(15-10-5-4-6-11-15)13-16(21(22,23)24)19(25-2)20(27)28/h4-6,10-11,13-14H,3,7-9,12H2,1H3. The second kappa shape index (κ2) is 8.01. The smallest absolute Gasteiger partial charge is 0.281 e. The maximum absolute atomic E-state index is 13.5. The Hall–Kier alpha value is -2.88. The van der Waals surface area contributed by atoms with Gasteiger partial charge in [-0.3, -0.25) is 4.79 Å². The lowest BCUT2D eigenvalue weighted by molar-refractivity contribution is -0.136. The molecular weight excluding hydrogens is 367 g/mol. The third-order valence-corrected chi connectivity index (χ3v) is 5.07. The van der Waals surface area contributed by atoms with Crippen molar-refractivity contribution in [3.8, 4) is 11.3 Å². The molecular formula is C21H20F3N3O. The fourth-order valence-corrected chi connectivity index (χ4v) is 3.60. The zero-order chi connectivity index (χ0) is 20.3. The first kappa shape index (κ1) is 19.9. The summed E-state index contributed by atoms with van der Waals surface area (Å²) >= 11 is 0. The van der Waals surface area contributed by atoms with Gasteiger partial charge in [0.05, 0.1) is 17.8 Å². The molecule has 0 saturated heterocycles. The maximum atomic E-state index is 13.5. The molecule has 4 nitrogen and oxygen atoms in total. The van der Waals surface area contributed by atoms with Gasteiger partial charge in [0.2, 0.25) is 0 Å². The van der Waals surface area contributed by atoms with Gasteiger partial charge in [0.1, 0.15) is 0 Å². The summed E-state index contributed by atoms with van der Waals surface area (Å²) in [7, 11) is 0. The zero-order valence-electron chi connectivity index (χ0n) is 15.5. The highest BCUT2D eigenvalue weighted by Gasteiger charge is 2.36. The molecule has 0 aliphatic heterocycles. The van der Waals surface area contributed by atoms with Crippen molar-refractivity contribution in [2.24, 2.45) is 11.0 Å². The molecule has 1 aliphatic carbocycles. The molecule has 28 heavy (non-hydrogen) atoms. The van der Waals surface area contributed by atoms with Gasteiger partial charge in [0.15, 0.2) is 0 Å². The number of hydrogen-bond acceptors (Lipinski definition) is 2. The SMILES string of the molecule is [C-]#[N+]c1c(C(F)(F)F)cc(-c2ccccc2)n(N=C2CCCCC2CC)c1=O. The molecule has 0 amide bonds. The number of benzene rings is 1. The van der Waals surface area contributed by atoms with Crippen molar-refractivity contribution in [3.05, 3.63) is 63.7 Å². The van der Waals surface area contributed by atoms with Gasteiger partial charge in [-0.05, 0) is 37.7 Å². The van der Waals surface area contributed by atoms with E-state index >= 15 is 0 Å². The van der Waals surface area contributed by atoms with Crippen molar-refractivity contribution in [2.75, 3.05) is 0 Å². The summed E-state index contributed by atoms with van der Waals surface area (Å²) in [5.41, 5.74) is -1.91. The van der Waals surface area contributed by atoms with Crippen LogP contribution in [-0.4, -0.2) is 10.4 Å². The number of rotatable bonds is 3.